The van der Waals surface area contributed by atoms with Gasteiger partial charge in [0, 0.05) is 17.7 Å². The van der Waals surface area contributed by atoms with Gasteiger partial charge in [0.25, 0.3) is 0 Å². The summed E-state index contributed by atoms with van der Waals surface area (Å²) in [7, 11) is 0. The maximum Gasteiger partial charge on any atom is 0.343 e. The van der Waals surface area contributed by atoms with Crippen molar-refractivity contribution < 1.29 is 18.8 Å². The van der Waals surface area contributed by atoms with E-state index in [0.717, 1.165) is 16.1 Å². The van der Waals surface area contributed by atoms with E-state index in [2.05, 4.69) is 5.16 Å². The lowest BCUT2D eigenvalue weighted by Gasteiger charge is -2.28. The molecule has 7 heteroatoms. The van der Waals surface area contributed by atoms with Crippen LogP contribution in [-0.2, 0) is 20.9 Å². The Hall–Kier alpha value is -2.28. The topological polar surface area (TPSA) is 72.6 Å². The van der Waals surface area contributed by atoms with E-state index in [-0.39, 0.29) is 12.5 Å². The number of ether oxygens (including phenoxy) is 1. The van der Waals surface area contributed by atoms with Crippen LogP contribution in [0.1, 0.15) is 29.9 Å². The summed E-state index contributed by atoms with van der Waals surface area (Å²) in [5, 5.41) is 3.86. The van der Waals surface area contributed by atoms with Crippen LogP contribution in [0.25, 0.3) is 0 Å². The Balaban J connectivity index is 1.61. The fraction of sp³-hybridized carbons (Fsp3) is 0.353. The number of amides is 1. The first-order valence-corrected chi connectivity index (χ1v) is 8.54. The van der Waals surface area contributed by atoms with E-state index < -0.39 is 10.8 Å². The number of nitrogens with zero attached hydrogens (tertiary/aromatic N) is 2. The number of rotatable bonds is 3. The highest BCUT2D eigenvalue weighted by atomic mass is 32.2. The van der Waals surface area contributed by atoms with E-state index in [1.165, 1.54) is 11.8 Å². The summed E-state index contributed by atoms with van der Waals surface area (Å²) in [5.74, 6) is 0.204. The zero-order valence-corrected chi connectivity index (χ0v) is 14.2. The minimum atomic E-state index is -0.986. The average molecular weight is 344 g/mol. The third-order valence-electron chi connectivity index (χ3n) is 4.52. The molecule has 2 aromatic rings. The van der Waals surface area contributed by atoms with Crippen LogP contribution in [0.5, 0.6) is 0 Å². The van der Waals surface area contributed by atoms with Gasteiger partial charge in [0.2, 0.25) is 5.91 Å². The summed E-state index contributed by atoms with van der Waals surface area (Å²) in [6.07, 6.45) is 0.799. The molecule has 1 saturated heterocycles. The van der Waals surface area contributed by atoms with E-state index in [0.29, 0.717) is 24.3 Å². The maximum atomic E-state index is 12.9. The second-order valence-electron chi connectivity index (χ2n) is 5.96. The Bertz CT molecular complexity index is 827. The van der Waals surface area contributed by atoms with Crippen molar-refractivity contribution in [2.75, 3.05) is 4.90 Å². The van der Waals surface area contributed by atoms with Crippen LogP contribution >= 0.6 is 11.8 Å². The minimum absolute atomic E-state index is 0.0401. The molecule has 6 nitrogen and oxygen atoms in total. The molecular formula is C17H16N2O4S. The van der Waals surface area contributed by atoms with Crippen molar-refractivity contribution in [3.05, 3.63) is 41.3 Å². The molecule has 24 heavy (non-hydrogen) atoms. The van der Waals surface area contributed by atoms with Gasteiger partial charge in [-0.15, -0.1) is 0 Å². The van der Waals surface area contributed by atoms with Crippen LogP contribution in [0.4, 0.5) is 5.69 Å². The predicted molar refractivity (Wildman–Crippen MR) is 87.5 cm³/mol. The Morgan fingerprint density at radius 2 is 2.21 bits per heavy atom. The first-order valence-electron chi connectivity index (χ1n) is 7.73. The second kappa shape index (κ2) is 5.37. The van der Waals surface area contributed by atoms with Gasteiger partial charge in [-0.3, -0.25) is 9.69 Å². The van der Waals surface area contributed by atoms with Crippen molar-refractivity contribution in [2.45, 2.75) is 43.1 Å². The van der Waals surface area contributed by atoms with E-state index in [9.17, 15) is 9.59 Å². The van der Waals surface area contributed by atoms with Crippen LogP contribution in [0.2, 0.25) is 0 Å². The Labute approximate surface area is 143 Å². The Kier molecular flexibility index (Phi) is 3.42. The van der Waals surface area contributed by atoms with Crippen molar-refractivity contribution in [3.8, 4) is 0 Å². The first kappa shape index (κ1) is 15.3. The Morgan fingerprint density at radius 1 is 1.42 bits per heavy atom. The lowest BCUT2D eigenvalue weighted by molar-refractivity contribution is -0.148. The number of benzene rings is 1. The molecule has 3 heterocycles. The van der Waals surface area contributed by atoms with Crippen LogP contribution < -0.4 is 4.90 Å². The molecular weight excluding hydrogens is 328 g/mol. The number of aromatic nitrogens is 1. The van der Waals surface area contributed by atoms with Gasteiger partial charge in [-0.05, 0) is 26.0 Å². The van der Waals surface area contributed by atoms with Crippen molar-refractivity contribution >= 4 is 29.3 Å². The quantitative estimate of drug-likeness (QED) is 0.797. The molecule has 2 aliphatic rings. The van der Waals surface area contributed by atoms with Crippen LogP contribution in [0, 0.1) is 13.8 Å². The molecule has 0 unspecified atom stereocenters. The van der Waals surface area contributed by atoms with Gasteiger partial charge in [-0.2, -0.15) is 0 Å². The number of esters is 1. The highest BCUT2D eigenvalue weighted by Gasteiger charge is 2.58. The highest BCUT2D eigenvalue weighted by molar-refractivity contribution is 8.02. The van der Waals surface area contributed by atoms with Crippen molar-refractivity contribution in [1.82, 2.24) is 5.16 Å². The number of hydrogen-bond donors (Lipinski definition) is 0. The minimum Gasteiger partial charge on any atom is -0.458 e. The highest BCUT2D eigenvalue weighted by Crippen LogP contribution is 2.56. The third kappa shape index (κ3) is 2.07. The molecule has 0 saturated carbocycles. The van der Waals surface area contributed by atoms with Gasteiger partial charge in [0.1, 0.15) is 12.4 Å². The molecule has 1 aromatic heterocycles. The molecule has 2 aliphatic heterocycles. The van der Waals surface area contributed by atoms with Crippen molar-refractivity contribution in [2.24, 2.45) is 0 Å². The second-order valence-corrected chi connectivity index (χ2v) is 7.28. The lowest BCUT2D eigenvalue weighted by atomic mass is 10.2. The summed E-state index contributed by atoms with van der Waals surface area (Å²) in [6, 6.07) is 7.57. The normalized spacial score (nSPS) is 21.8. The number of carbonyl (C=O) groups is 2. The number of para-hydroxylation sites is 1. The zero-order valence-electron chi connectivity index (χ0n) is 13.4. The van der Waals surface area contributed by atoms with E-state index >= 15 is 0 Å². The summed E-state index contributed by atoms with van der Waals surface area (Å²) < 4.78 is 10.7. The fourth-order valence-corrected chi connectivity index (χ4v) is 4.64. The van der Waals surface area contributed by atoms with Crippen LogP contribution in [0.15, 0.2) is 33.7 Å². The van der Waals surface area contributed by atoms with E-state index in [1.807, 2.05) is 31.2 Å². The predicted octanol–water partition coefficient (Wildman–Crippen LogP) is 2.96. The third-order valence-corrected chi connectivity index (χ3v) is 5.98. The van der Waals surface area contributed by atoms with Gasteiger partial charge >= 0.3 is 5.97 Å². The van der Waals surface area contributed by atoms with Crippen molar-refractivity contribution in [1.29, 1.82) is 0 Å². The molecule has 124 valence electrons. The summed E-state index contributed by atoms with van der Waals surface area (Å²) in [6.45, 7) is 3.69. The van der Waals surface area contributed by atoms with E-state index in [4.69, 9.17) is 9.26 Å². The van der Waals surface area contributed by atoms with Crippen LogP contribution in [-0.4, -0.2) is 21.9 Å². The van der Waals surface area contributed by atoms with Gasteiger partial charge in [-0.25, -0.2) is 4.79 Å². The first-order chi connectivity index (χ1) is 11.5. The molecule has 1 fully saturated rings. The van der Waals surface area contributed by atoms with Gasteiger partial charge < -0.3 is 9.26 Å². The zero-order chi connectivity index (χ0) is 16.9. The number of anilines is 1. The fourth-order valence-electron chi connectivity index (χ4n) is 3.23. The number of aryl methyl sites for hydroxylation is 2. The van der Waals surface area contributed by atoms with E-state index in [1.54, 1.807) is 11.8 Å². The SMILES string of the molecule is Cc1noc(C)c1COC(=O)[C@]12CCC(=O)N1c1ccccc1S2. The van der Waals surface area contributed by atoms with Gasteiger partial charge in [-0.1, -0.05) is 29.1 Å². The monoisotopic (exact) mass is 344 g/mol. The molecule has 0 aliphatic carbocycles. The van der Waals surface area contributed by atoms with Crippen LogP contribution in [0.3, 0.4) is 0 Å². The molecule has 0 spiro atoms. The number of fused-ring (bicyclic) bond motifs is 3. The number of thioether (sulfide) groups is 1. The molecule has 0 radical (unpaired) electrons. The maximum absolute atomic E-state index is 12.9. The summed E-state index contributed by atoms with van der Waals surface area (Å²) >= 11 is 1.40. The molecule has 0 bridgehead atoms. The van der Waals surface area contributed by atoms with Gasteiger partial charge in [0.15, 0.2) is 4.87 Å². The number of carbonyl (C=O) groups excluding carboxylic acids is 2. The molecule has 1 amide bonds. The van der Waals surface area contributed by atoms with Gasteiger partial charge in [0.05, 0.1) is 16.9 Å². The molecule has 1 aromatic carbocycles. The van der Waals surface area contributed by atoms with Crippen molar-refractivity contribution in [3.63, 3.8) is 0 Å². The molecule has 1 atom stereocenters. The molecule has 0 N–H and O–H groups in total. The number of hydrogen-bond acceptors (Lipinski definition) is 6. The largest absolute Gasteiger partial charge is 0.458 e. The average Bonchev–Trinajstić information content (AvgIpc) is 3.19. The Morgan fingerprint density at radius 3 is 2.96 bits per heavy atom. The standard InChI is InChI=1S/C17H16N2O4S/c1-10-12(11(2)23-18-10)9-22-16(21)17-8-7-15(20)19(17)13-5-3-4-6-14(13)24-17/h3-6H,7-9H2,1-2H3/t17-/m1/s1. The lowest BCUT2D eigenvalue weighted by Crippen LogP contribution is -2.47. The summed E-state index contributed by atoms with van der Waals surface area (Å²) in [5.41, 5.74) is 2.27. The smallest absolute Gasteiger partial charge is 0.343 e. The summed E-state index contributed by atoms with van der Waals surface area (Å²) in [4.78, 5) is 26.8. The molecule has 4 rings (SSSR count).